The number of hydrogen-bond acceptors (Lipinski definition) is 5. The van der Waals surface area contributed by atoms with Gasteiger partial charge in [0.15, 0.2) is 0 Å². The maximum atomic E-state index is 12.8. The Kier molecular flexibility index (Phi) is 7.02. The van der Waals surface area contributed by atoms with E-state index in [4.69, 9.17) is 0 Å². The van der Waals surface area contributed by atoms with Gasteiger partial charge in [0.2, 0.25) is 0 Å². The second-order valence-electron chi connectivity index (χ2n) is 12.2. The van der Waals surface area contributed by atoms with Gasteiger partial charge in [-0.15, -0.1) is 15.0 Å². The minimum absolute atomic E-state index is 0.0137. The van der Waals surface area contributed by atoms with E-state index in [-0.39, 0.29) is 24.1 Å². The number of amides is 2. The van der Waals surface area contributed by atoms with Crippen molar-refractivity contribution in [3.05, 3.63) is 148 Å². The molecule has 3 aliphatic rings. The standard InChI is InChI=1S/C22H16N4O3.C18H16/c1-13-10-11-19(27)20(26-23-17-8-4-5-9-18(17)24-26)16(13)12-25-21(28)14-6-2-3-7-15(14)22(25)29;1-3-7-15-13(5-1)9-11-18-16-8-4-2-6-14(16)10-12-17(15)18/h2-11,27H,12H2,1H3;1-3,5-7,10,12H,4,8-9,11H2. The molecule has 7 nitrogen and oxygen atoms in total. The molecule has 1 N–H and O–H groups in total. The number of carbonyl (C=O) groups excluding carboxylic acids is 2. The number of aryl methyl sites for hydroxylation is 2. The Morgan fingerprint density at radius 2 is 1.34 bits per heavy atom. The molecule has 9 rings (SSSR count). The van der Waals surface area contributed by atoms with Crippen LogP contribution in [0.25, 0.3) is 33.9 Å². The molecule has 0 atom stereocenters. The summed E-state index contributed by atoms with van der Waals surface area (Å²) in [5.74, 6) is -0.724. The van der Waals surface area contributed by atoms with Gasteiger partial charge in [-0.25, -0.2) is 0 Å². The number of aromatic hydroxyl groups is 1. The summed E-state index contributed by atoms with van der Waals surface area (Å²) in [6.45, 7) is 1.87. The molecule has 0 saturated heterocycles. The van der Waals surface area contributed by atoms with E-state index in [2.05, 4.69) is 58.7 Å². The summed E-state index contributed by atoms with van der Waals surface area (Å²) in [5, 5.41) is 19.5. The number of nitrogens with zero attached hydrogens (tertiary/aromatic N) is 4. The second kappa shape index (κ2) is 11.5. The average Bonchev–Trinajstić information content (AvgIpc) is 3.64. The van der Waals surface area contributed by atoms with Crippen molar-refractivity contribution in [1.82, 2.24) is 19.9 Å². The van der Waals surface area contributed by atoms with E-state index >= 15 is 0 Å². The molecule has 2 aliphatic carbocycles. The lowest BCUT2D eigenvalue weighted by atomic mass is 9.80. The lowest BCUT2D eigenvalue weighted by Gasteiger charge is -2.25. The number of allylic oxidation sites excluding steroid dienone is 1. The number of phenols is 1. The summed E-state index contributed by atoms with van der Waals surface area (Å²) in [4.78, 5) is 28.2. The van der Waals surface area contributed by atoms with Crippen LogP contribution >= 0.6 is 0 Å². The Labute approximate surface area is 272 Å². The van der Waals surface area contributed by atoms with E-state index in [9.17, 15) is 14.7 Å². The molecule has 0 spiro atoms. The molecule has 0 radical (unpaired) electrons. The topological polar surface area (TPSA) is 88.3 Å². The fourth-order valence-electron chi connectivity index (χ4n) is 7.05. The van der Waals surface area contributed by atoms with E-state index in [1.807, 2.05) is 31.2 Å². The first kappa shape index (κ1) is 28.6. The summed E-state index contributed by atoms with van der Waals surface area (Å²) in [5.41, 5.74) is 13.0. The third-order valence-electron chi connectivity index (χ3n) is 9.45. The van der Waals surface area contributed by atoms with Crippen LogP contribution in [0, 0.1) is 6.92 Å². The van der Waals surface area contributed by atoms with Gasteiger partial charge >= 0.3 is 0 Å². The van der Waals surface area contributed by atoms with Crippen molar-refractivity contribution >= 4 is 28.9 Å². The van der Waals surface area contributed by atoms with Gasteiger partial charge in [0.1, 0.15) is 22.5 Å². The van der Waals surface area contributed by atoms with E-state index in [0.717, 1.165) is 5.56 Å². The predicted molar refractivity (Wildman–Crippen MR) is 183 cm³/mol. The molecule has 0 bridgehead atoms. The van der Waals surface area contributed by atoms with Gasteiger partial charge in [-0.1, -0.05) is 78.9 Å². The molecule has 0 unspecified atom stereocenters. The number of rotatable bonds is 3. The number of benzene rings is 5. The predicted octanol–water partition coefficient (Wildman–Crippen LogP) is 7.64. The summed E-state index contributed by atoms with van der Waals surface area (Å²) in [6.07, 6.45) is 9.42. The van der Waals surface area contributed by atoms with Crippen molar-refractivity contribution in [2.75, 3.05) is 0 Å². The maximum absolute atomic E-state index is 12.8. The first-order valence-corrected chi connectivity index (χ1v) is 16.0. The summed E-state index contributed by atoms with van der Waals surface area (Å²) in [6, 6.07) is 30.9. The maximum Gasteiger partial charge on any atom is 0.261 e. The number of imide groups is 1. The van der Waals surface area contributed by atoms with Gasteiger partial charge in [-0.3, -0.25) is 14.5 Å². The van der Waals surface area contributed by atoms with Crippen LogP contribution in [-0.4, -0.2) is 36.8 Å². The number of phenolic OH excluding ortho intramolecular Hbond substituents is 1. The highest BCUT2D eigenvalue weighted by atomic mass is 16.3. The van der Waals surface area contributed by atoms with Crippen LogP contribution in [0.2, 0.25) is 0 Å². The number of carbonyl (C=O) groups is 2. The zero-order valence-electron chi connectivity index (χ0n) is 26.0. The average molecular weight is 617 g/mol. The zero-order valence-corrected chi connectivity index (χ0v) is 26.0. The van der Waals surface area contributed by atoms with E-state index in [0.29, 0.717) is 33.4 Å². The Hall–Kier alpha value is -5.82. The van der Waals surface area contributed by atoms with E-state index in [1.165, 1.54) is 57.6 Å². The first-order valence-electron chi connectivity index (χ1n) is 16.0. The SMILES string of the molecule is C1=Cc2ccc3c(c2CC1)CCc1ccccc1-3.Cc1ccc(O)c(-n2nc3ccccc3n2)c1CN1C(=O)c2ccccc2C1=O. The summed E-state index contributed by atoms with van der Waals surface area (Å²) >= 11 is 0. The molecule has 0 fully saturated rings. The van der Waals surface area contributed by atoms with Crippen molar-refractivity contribution in [2.45, 2.75) is 39.2 Å². The molecular formula is C40H32N4O3. The number of hydrogen-bond donors (Lipinski definition) is 1. The van der Waals surface area contributed by atoms with Crippen LogP contribution in [0.15, 0.2) is 103 Å². The molecule has 2 amide bonds. The number of fused-ring (bicyclic) bond motifs is 7. The van der Waals surface area contributed by atoms with Crippen molar-refractivity contribution in [2.24, 2.45) is 0 Å². The monoisotopic (exact) mass is 616 g/mol. The third kappa shape index (κ3) is 4.91. The van der Waals surface area contributed by atoms with Crippen LogP contribution in [-0.2, 0) is 25.8 Å². The molecule has 1 aromatic heterocycles. The lowest BCUT2D eigenvalue weighted by molar-refractivity contribution is 0.0642. The Bertz CT molecular complexity index is 2200. The molecular weight excluding hydrogens is 584 g/mol. The zero-order chi connectivity index (χ0) is 32.1. The minimum atomic E-state index is -0.349. The van der Waals surface area contributed by atoms with Crippen molar-refractivity contribution < 1.29 is 14.7 Å². The van der Waals surface area contributed by atoms with Crippen LogP contribution in [0.4, 0.5) is 0 Å². The van der Waals surface area contributed by atoms with Crippen LogP contribution in [0.1, 0.15) is 60.5 Å². The normalized spacial score (nSPS) is 14.3. The van der Waals surface area contributed by atoms with Gasteiger partial charge in [-0.2, -0.15) is 0 Å². The molecule has 7 heteroatoms. The Morgan fingerprint density at radius 3 is 2.06 bits per heavy atom. The fourth-order valence-corrected chi connectivity index (χ4v) is 7.05. The van der Waals surface area contributed by atoms with E-state index in [1.54, 1.807) is 47.5 Å². The summed E-state index contributed by atoms with van der Waals surface area (Å²) < 4.78 is 0. The number of aromatic nitrogens is 3. The highest BCUT2D eigenvalue weighted by Gasteiger charge is 2.36. The van der Waals surface area contributed by atoms with Crippen LogP contribution < -0.4 is 0 Å². The first-order chi connectivity index (χ1) is 23.0. The minimum Gasteiger partial charge on any atom is -0.506 e. The molecule has 2 heterocycles. The smallest absolute Gasteiger partial charge is 0.261 e. The fraction of sp³-hybridized carbons (Fsp3) is 0.150. The van der Waals surface area contributed by atoms with Gasteiger partial charge < -0.3 is 5.11 Å². The largest absolute Gasteiger partial charge is 0.506 e. The van der Waals surface area contributed by atoms with Gasteiger partial charge in [-0.05, 0) is 102 Å². The molecule has 230 valence electrons. The molecule has 0 saturated carbocycles. The van der Waals surface area contributed by atoms with Crippen molar-refractivity contribution in [3.63, 3.8) is 0 Å². The van der Waals surface area contributed by atoms with E-state index < -0.39 is 0 Å². The quantitative estimate of drug-likeness (QED) is 0.207. The van der Waals surface area contributed by atoms with Crippen LogP contribution in [0.3, 0.4) is 0 Å². The van der Waals surface area contributed by atoms with Gasteiger partial charge in [0.05, 0.1) is 17.7 Å². The molecule has 1 aliphatic heterocycles. The highest BCUT2D eigenvalue weighted by Crippen LogP contribution is 2.38. The van der Waals surface area contributed by atoms with Gasteiger partial charge in [0.25, 0.3) is 11.8 Å². The molecule has 5 aromatic carbocycles. The lowest BCUT2D eigenvalue weighted by Crippen LogP contribution is -2.30. The summed E-state index contributed by atoms with van der Waals surface area (Å²) in [7, 11) is 0. The molecule has 6 aromatic rings. The van der Waals surface area contributed by atoms with Crippen molar-refractivity contribution in [1.29, 1.82) is 0 Å². The second-order valence-corrected chi connectivity index (χ2v) is 12.2. The van der Waals surface area contributed by atoms with Crippen molar-refractivity contribution in [3.8, 4) is 22.6 Å². The molecule has 47 heavy (non-hydrogen) atoms. The third-order valence-corrected chi connectivity index (χ3v) is 9.45. The van der Waals surface area contributed by atoms with Crippen LogP contribution in [0.5, 0.6) is 5.75 Å². The highest BCUT2D eigenvalue weighted by molar-refractivity contribution is 6.21. The van der Waals surface area contributed by atoms with Gasteiger partial charge in [0, 0.05) is 5.56 Å². The Balaban J connectivity index is 0.000000153. The Morgan fingerprint density at radius 1 is 0.681 bits per heavy atom.